The lowest BCUT2D eigenvalue weighted by atomic mass is 10.0. The lowest BCUT2D eigenvalue weighted by molar-refractivity contribution is -0.136. The molecule has 0 spiro atoms. The summed E-state index contributed by atoms with van der Waals surface area (Å²) in [6.07, 6.45) is 2.08. The third-order valence-corrected chi connectivity index (χ3v) is 6.73. The molecule has 1 aromatic carbocycles. The van der Waals surface area contributed by atoms with E-state index < -0.39 is 11.7 Å². The van der Waals surface area contributed by atoms with Crippen LogP contribution in [0.5, 0.6) is 5.75 Å². The smallest absolute Gasteiger partial charge is 0.410 e. The summed E-state index contributed by atoms with van der Waals surface area (Å²) >= 11 is 0. The Morgan fingerprint density at radius 1 is 1.25 bits per heavy atom. The Morgan fingerprint density at radius 2 is 1.98 bits per heavy atom. The highest BCUT2D eigenvalue weighted by atomic mass is 16.6. The Morgan fingerprint density at radius 3 is 2.65 bits per heavy atom. The fourth-order valence-corrected chi connectivity index (χ4v) is 4.44. The van der Waals surface area contributed by atoms with Crippen LogP contribution in [0.25, 0.3) is 0 Å². The minimum Gasteiger partial charge on any atom is -0.497 e. The number of likely N-dealkylation sites (N-methyl/N-ethyl adjacent to an activating group) is 1. The van der Waals surface area contributed by atoms with Gasteiger partial charge in [0, 0.05) is 32.5 Å². The number of rotatable bonds is 8. The van der Waals surface area contributed by atoms with E-state index in [0.717, 1.165) is 11.3 Å². The van der Waals surface area contributed by atoms with E-state index in [4.69, 9.17) is 18.9 Å². The summed E-state index contributed by atoms with van der Waals surface area (Å²) in [6.45, 7) is 12.0. The molecule has 0 N–H and O–H groups in total. The van der Waals surface area contributed by atoms with Crippen LogP contribution >= 0.6 is 0 Å². The Kier molecular flexibility index (Phi) is 11.3. The second kappa shape index (κ2) is 14.5. The van der Waals surface area contributed by atoms with Gasteiger partial charge in [0.25, 0.3) is 0 Å². The van der Waals surface area contributed by atoms with Crippen molar-refractivity contribution in [1.82, 2.24) is 24.8 Å². The number of ether oxygens (including phenoxy) is 4. The van der Waals surface area contributed by atoms with Crippen molar-refractivity contribution in [3.05, 3.63) is 41.7 Å². The van der Waals surface area contributed by atoms with E-state index in [0.29, 0.717) is 51.4 Å². The van der Waals surface area contributed by atoms with Gasteiger partial charge in [-0.05, 0) is 51.8 Å². The topological polar surface area (TPSA) is 108 Å². The van der Waals surface area contributed by atoms with Crippen LogP contribution in [0.1, 0.15) is 58.7 Å². The molecule has 0 saturated carbocycles. The second-order valence-corrected chi connectivity index (χ2v) is 11.5. The molecule has 0 saturated heterocycles. The van der Waals surface area contributed by atoms with Crippen molar-refractivity contribution in [2.24, 2.45) is 5.92 Å². The maximum absolute atomic E-state index is 13.4. The highest BCUT2D eigenvalue weighted by molar-refractivity contribution is 5.76. The Labute approximate surface area is 237 Å². The van der Waals surface area contributed by atoms with Gasteiger partial charge in [0.05, 0.1) is 51.8 Å². The maximum Gasteiger partial charge on any atom is 0.410 e. The summed E-state index contributed by atoms with van der Waals surface area (Å²) in [5.41, 5.74) is 1.13. The second-order valence-electron chi connectivity index (χ2n) is 11.5. The molecule has 3 atom stereocenters. The fraction of sp³-hybridized carbons (Fsp3) is 0.655. The highest BCUT2D eigenvalue weighted by Crippen LogP contribution is 2.19. The van der Waals surface area contributed by atoms with Gasteiger partial charge in [0.15, 0.2) is 0 Å². The molecule has 0 radical (unpaired) electrons. The van der Waals surface area contributed by atoms with Crippen molar-refractivity contribution in [1.29, 1.82) is 0 Å². The lowest BCUT2D eigenvalue weighted by Crippen LogP contribution is -2.48. The molecule has 40 heavy (non-hydrogen) atoms. The normalized spacial score (nSPS) is 19.7. The van der Waals surface area contributed by atoms with Crippen LogP contribution in [0.15, 0.2) is 30.5 Å². The van der Waals surface area contributed by atoms with Crippen LogP contribution in [-0.2, 0) is 38.8 Å². The number of methoxy groups -OCH3 is 1. The summed E-state index contributed by atoms with van der Waals surface area (Å²) in [5, 5.41) is 8.37. The molecular formula is C29H45N5O6. The summed E-state index contributed by atoms with van der Waals surface area (Å²) in [6, 6.07) is 7.58. The summed E-state index contributed by atoms with van der Waals surface area (Å²) in [5.74, 6) is 0.753. The molecule has 2 amide bonds. The highest BCUT2D eigenvalue weighted by Gasteiger charge is 2.30. The number of aryl methyl sites for hydroxylation is 1. The van der Waals surface area contributed by atoms with Gasteiger partial charge in [0.1, 0.15) is 17.0 Å². The number of nitrogens with zero attached hydrogens (tertiary/aromatic N) is 5. The molecule has 11 nitrogen and oxygen atoms in total. The van der Waals surface area contributed by atoms with Crippen LogP contribution in [0, 0.1) is 5.92 Å². The minimum atomic E-state index is -0.606. The van der Waals surface area contributed by atoms with E-state index in [2.05, 4.69) is 10.3 Å². The minimum absolute atomic E-state index is 0.0474. The third-order valence-electron chi connectivity index (χ3n) is 6.73. The first-order valence-corrected chi connectivity index (χ1v) is 13.9. The molecule has 3 unspecified atom stereocenters. The fourth-order valence-electron chi connectivity index (χ4n) is 4.44. The molecule has 2 aromatic rings. The molecule has 1 aliphatic rings. The van der Waals surface area contributed by atoms with Crippen molar-refractivity contribution in [3.8, 4) is 5.75 Å². The summed E-state index contributed by atoms with van der Waals surface area (Å²) in [4.78, 5) is 29.5. The average Bonchev–Trinajstić information content (AvgIpc) is 3.35. The number of hydrogen-bond acceptors (Lipinski definition) is 8. The maximum atomic E-state index is 13.4. The van der Waals surface area contributed by atoms with Gasteiger partial charge in [-0.1, -0.05) is 24.3 Å². The van der Waals surface area contributed by atoms with Crippen molar-refractivity contribution in [2.45, 2.75) is 85.0 Å². The van der Waals surface area contributed by atoms with E-state index in [1.807, 2.05) is 70.0 Å². The zero-order valence-electron chi connectivity index (χ0n) is 25.0. The standard InChI is InChI=1S/C29H45N5O6/c1-21-15-34(22(2)18-38-19-23-10-12-25(37-7)13-11-23)27(35)9-8-14-33-16-24(30-31-33)20-39-26(21)17-32(6)28(36)40-29(3,4)5/h10-13,16,21-22,26H,8-9,14-15,17-20H2,1-7H3. The van der Waals surface area contributed by atoms with E-state index in [-0.39, 0.29) is 30.6 Å². The van der Waals surface area contributed by atoms with Gasteiger partial charge in [-0.15, -0.1) is 5.10 Å². The first-order valence-electron chi connectivity index (χ1n) is 13.9. The van der Waals surface area contributed by atoms with Crippen molar-refractivity contribution < 1.29 is 28.5 Å². The van der Waals surface area contributed by atoms with E-state index in [1.165, 1.54) is 4.90 Å². The van der Waals surface area contributed by atoms with E-state index in [9.17, 15) is 9.59 Å². The molecular weight excluding hydrogens is 514 g/mol. The monoisotopic (exact) mass is 559 g/mol. The van der Waals surface area contributed by atoms with Crippen molar-refractivity contribution >= 4 is 12.0 Å². The Hall–Kier alpha value is -3.18. The van der Waals surface area contributed by atoms with Gasteiger partial charge < -0.3 is 28.7 Å². The Balaban J connectivity index is 1.71. The molecule has 0 fully saturated rings. The van der Waals surface area contributed by atoms with Crippen LogP contribution in [0.3, 0.4) is 0 Å². The van der Waals surface area contributed by atoms with Crippen molar-refractivity contribution in [3.63, 3.8) is 0 Å². The number of hydrogen-bond donors (Lipinski definition) is 0. The molecule has 11 heteroatoms. The number of amides is 2. The molecule has 1 aliphatic heterocycles. The lowest BCUT2D eigenvalue weighted by Gasteiger charge is -2.35. The number of carbonyl (C=O) groups excluding carboxylic acids is 2. The van der Waals surface area contributed by atoms with Crippen LogP contribution in [-0.4, -0.2) is 88.4 Å². The number of benzene rings is 1. The average molecular weight is 560 g/mol. The Bertz CT molecular complexity index is 1080. The molecule has 3 rings (SSSR count). The zero-order chi connectivity index (χ0) is 29.3. The zero-order valence-corrected chi connectivity index (χ0v) is 25.0. The van der Waals surface area contributed by atoms with Gasteiger partial charge >= 0.3 is 6.09 Å². The van der Waals surface area contributed by atoms with Crippen LogP contribution in [0.2, 0.25) is 0 Å². The summed E-state index contributed by atoms with van der Waals surface area (Å²) < 4.78 is 24.8. The number of aromatic nitrogens is 3. The molecule has 2 bridgehead atoms. The van der Waals surface area contributed by atoms with Gasteiger partial charge in [-0.2, -0.15) is 0 Å². The van der Waals surface area contributed by atoms with Gasteiger partial charge in [0.2, 0.25) is 5.91 Å². The largest absolute Gasteiger partial charge is 0.497 e. The number of carbonyl (C=O) groups is 2. The molecule has 1 aromatic heterocycles. The van der Waals surface area contributed by atoms with Crippen LogP contribution < -0.4 is 4.74 Å². The van der Waals surface area contributed by atoms with Gasteiger partial charge in [-0.25, -0.2) is 4.79 Å². The summed E-state index contributed by atoms with van der Waals surface area (Å²) in [7, 11) is 3.33. The predicted octanol–water partition coefficient (Wildman–Crippen LogP) is 3.90. The van der Waals surface area contributed by atoms with Gasteiger partial charge in [-0.3, -0.25) is 9.48 Å². The SMILES string of the molecule is COc1ccc(COCC(C)N2CC(C)C(CN(C)C(=O)OC(C)(C)C)OCc3cn(nn3)CCCC2=O)cc1. The molecule has 2 heterocycles. The first kappa shape index (κ1) is 31.3. The quantitative estimate of drug-likeness (QED) is 0.479. The van der Waals surface area contributed by atoms with E-state index >= 15 is 0 Å². The molecule has 0 aliphatic carbocycles. The predicted molar refractivity (Wildman–Crippen MR) is 150 cm³/mol. The van der Waals surface area contributed by atoms with Crippen molar-refractivity contribution in [2.75, 3.05) is 33.9 Å². The van der Waals surface area contributed by atoms with E-state index in [1.54, 1.807) is 18.8 Å². The third kappa shape index (κ3) is 9.78. The molecule has 222 valence electrons. The number of fused-ring (bicyclic) bond motifs is 2. The van der Waals surface area contributed by atoms with Crippen LogP contribution in [0.4, 0.5) is 4.79 Å². The first-order chi connectivity index (χ1) is 18.9.